The first-order valence-electron chi connectivity index (χ1n) is 9.96. The fourth-order valence-corrected chi connectivity index (χ4v) is 4.05. The highest BCUT2D eigenvalue weighted by Gasteiger charge is 2.24. The van der Waals surface area contributed by atoms with E-state index in [1.807, 2.05) is 0 Å². The van der Waals surface area contributed by atoms with Crippen LogP contribution in [-0.2, 0) is 4.79 Å². The summed E-state index contributed by atoms with van der Waals surface area (Å²) in [5.41, 5.74) is 2.67. The second-order valence-corrected chi connectivity index (χ2v) is 7.85. The lowest BCUT2D eigenvalue weighted by atomic mass is 10.1. The SMILES string of the molecule is Cc1cccc(N2CCN(CC[C@@H](C)NC(=O)C3CCCC3)CC2)c1. The number of hydrogen-bond acceptors (Lipinski definition) is 3. The van der Waals surface area contributed by atoms with E-state index in [0.29, 0.717) is 0 Å². The van der Waals surface area contributed by atoms with Gasteiger partial charge in [0.15, 0.2) is 0 Å². The molecule has 1 aliphatic carbocycles. The summed E-state index contributed by atoms with van der Waals surface area (Å²) in [4.78, 5) is 17.2. The van der Waals surface area contributed by atoms with Crippen molar-refractivity contribution >= 4 is 11.6 Å². The lowest BCUT2D eigenvalue weighted by molar-refractivity contribution is -0.125. The van der Waals surface area contributed by atoms with Gasteiger partial charge in [-0.05, 0) is 50.8 Å². The standard InChI is InChI=1S/C21H33N3O/c1-17-6-5-9-20(16-17)24-14-12-23(13-15-24)11-10-18(2)22-21(25)19-7-3-4-8-19/h5-6,9,16,18-19H,3-4,7-8,10-15H2,1-2H3,(H,22,25)/t18-/m1/s1. The molecule has 1 N–H and O–H groups in total. The van der Waals surface area contributed by atoms with Crippen molar-refractivity contribution in [2.75, 3.05) is 37.6 Å². The van der Waals surface area contributed by atoms with E-state index in [2.05, 4.69) is 53.2 Å². The zero-order valence-corrected chi connectivity index (χ0v) is 15.8. The molecule has 1 aromatic rings. The van der Waals surface area contributed by atoms with Crippen LogP contribution in [0, 0.1) is 12.8 Å². The molecule has 1 saturated carbocycles. The van der Waals surface area contributed by atoms with Gasteiger partial charge in [0, 0.05) is 50.4 Å². The molecule has 138 valence electrons. The molecule has 0 unspecified atom stereocenters. The predicted octanol–water partition coefficient (Wildman–Crippen LogP) is 3.20. The number of piperazine rings is 1. The van der Waals surface area contributed by atoms with Gasteiger partial charge in [0.25, 0.3) is 0 Å². The lowest BCUT2D eigenvalue weighted by Crippen LogP contribution is -2.47. The summed E-state index contributed by atoms with van der Waals surface area (Å²) >= 11 is 0. The van der Waals surface area contributed by atoms with Crippen LogP contribution in [0.25, 0.3) is 0 Å². The second-order valence-electron chi connectivity index (χ2n) is 7.85. The number of carbonyl (C=O) groups excluding carboxylic acids is 1. The van der Waals surface area contributed by atoms with Crippen LogP contribution < -0.4 is 10.2 Å². The molecular weight excluding hydrogens is 310 g/mol. The van der Waals surface area contributed by atoms with Gasteiger partial charge in [0.1, 0.15) is 0 Å². The van der Waals surface area contributed by atoms with E-state index in [-0.39, 0.29) is 17.9 Å². The molecule has 0 aromatic heterocycles. The zero-order chi connectivity index (χ0) is 17.6. The van der Waals surface area contributed by atoms with Gasteiger partial charge >= 0.3 is 0 Å². The number of benzene rings is 1. The fourth-order valence-electron chi connectivity index (χ4n) is 4.05. The van der Waals surface area contributed by atoms with Crippen LogP contribution in [0.15, 0.2) is 24.3 Å². The number of aryl methyl sites for hydroxylation is 1. The van der Waals surface area contributed by atoms with Crippen molar-refractivity contribution in [3.63, 3.8) is 0 Å². The summed E-state index contributed by atoms with van der Waals surface area (Å²) in [7, 11) is 0. The van der Waals surface area contributed by atoms with Gasteiger partial charge in [-0.2, -0.15) is 0 Å². The molecule has 1 aliphatic heterocycles. The third-order valence-corrected chi connectivity index (χ3v) is 5.73. The maximum atomic E-state index is 12.2. The maximum Gasteiger partial charge on any atom is 0.223 e. The Hall–Kier alpha value is -1.55. The monoisotopic (exact) mass is 343 g/mol. The Bertz CT molecular complexity index is 560. The fraction of sp³-hybridized carbons (Fsp3) is 0.667. The molecule has 2 aliphatic rings. The third-order valence-electron chi connectivity index (χ3n) is 5.73. The van der Waals surface area contributed by atoms with E-state index >= 15 is 0 Å². The van der Waals surface area contributed by atoms with Gasteiger partial charge in [0.05, 0.1) is 0 Å². The van der Waals surface area contributed by atoms with Crippen molar-refractivity contribution in [2.45, 2.75) is 52.0 Å². The minimum atomic E-state index is 0.278. The first-order valence-corrected chi connectivity index (χ1v) is 9.96. The average molecular weight is 344 g/mol. The number of nitrogens with zero attached hydrogens (tertiary/aromatic N) is 2. The van der Waals surface area contributed by atoms with Crippen molar-refractivity contribution in [1.82, 2.24) is 10.2 Å². The molecule has 3 rings (SSSR count). The van der Waals surface area contributed by atoms with Crippen molar-refractivity contribution < 1.29 is 4.79 Å². The van der Waals surface area contributed by atoms with E-state index in [9.17, 15) is 4.79 Å². The minimum absolute atomic E-state index is 0.278. The molecule has 1 saturated heterocycles. The molecule has 2 fully saturated rings. The number of anilines is 1. The van der Waals surface area contributed by atoms with Crippen molar-refractivity contribution in [3.05, 3.63) is 29.8 Å². The Morgan fingerprint density at radius 3 is 2.60 bits per heavy atom. The first kappa shape index (κ1) is 18.2. The molecule has 0 bridgehead atoms. The Balaban J connectivity index is 1.36. The zero-order valence-electron chi connectivity index (χ0n) is 15.8. The summed E-state index contributed by atoms with van der Waals surface area (Å²) < 4.78 is 0. The van der Waals surface area contributed by atoms with Crippen molar-refractivity contribution in [2.24, 2.45) is 5.92 Å². The first-order chi connectivity index (χ1) is 12.1. The highest BCUT2D eigenvalue weighted by atomic mass is 16.1. The normalized spacial score (nSPS) is 20.6. The molecule has 0 radical (unpaired) electrons. The molecular formula is C21H33N3O. The summed E-state index contributed by atoms with van der Waals surface area (Å²) in [5.74, 6) is 0.564. The van der Waals surface area contributed by atoms with Gasteiger partial charge in [-0.25, -0.2) is 0 Å². The van der Waals surface area contributed by atoms with Crippen LogP contribution in [0.3, 0.4) is 0 Å². The Morgan fingerprint density at radius 2 is 1.92 bits per heavy atom. The topological polar surface area (TPSA) is 35.6 Å². The van der Waals surface area contributed by atoms with Crippen LogP contribution in [0.5, 0.6) is 0 Å². The quantitative estimate of drug-likeness (QED) is 0.861. The van der Waals surface area contributed by atoms with E-state index in [4.69, 9.17) is 0 Å². The molecule has 1 amide bonds. The molecule has 4 heteroatoms. The smallest absolute Gasteiger partial charge is 0.223 e. The number of nitrogens with one attached hydrogen (secondary N) is 1. The Labute approximate surface area is 152 Å². The van der Waals surface area contributed by atoms with Crippen LogP contribution in [0.1, 0.15) is 44.6 Å². The molecule has 0 spiro atoms. The van der Waals surface area contributed by atoms with Crippen LogP contribution in [0.4, 0.5) is 5.69 Å². The van der Waals surface area contributed by atoms with E-state index < -0.39 is 0 Å². The Kier molecular flexibility index (Phi) is 6.35. The van der Waals surface area contributed by atoms with E-state index in [0.717, 1.165) is 52.0 Å². The van der Waals surface area contributed by atoms with Crippen LogP contribution >= 0.6 is 0 Å². The number of amides is 1. The van der Waals surface area contributed by atoms with E-state index in [1.54, 1.807) is 0 Å². The van der Waals surface area contributed by atoms with E-state index in [1.165, 1.54) is 24.1 Å². The molecule has 4 nitrogen and oxygen atoms in total. The maximum absolute atomic E-state index is 12.2. The average Bonchev–Trinajstić information content (AvgIpc) is 3.15. The molecule has 1 heterocycles. The van der Waals surface area contributed by atoms with Gasteiger partial charge in [-0.3, -0.25) is 9.69 Å². The second kappa shape index (κ2) is 8.70. The molecule has 1 atom stereocenters. The summed E-state index contributed by atoms with van der Waals surface area (Å²) in [6.07, 6.45) is 5.65. The number of hydrogen-bond donors (Lipinski definition) is 1. The highest BCUT2D eigenvalue weighted by Crippen LogP contribution is 2.24. The summed E-state index contributed by atoms with van der Waals surface area (Å²) in [5, 5.41) is 3.23. The lowest BCUT2D eigenvalue weighted by Gasteiger charge is -2.36. The number of rotatable bonds is 6. The Morgan fingerprint density at radius 1 is 1.20 bits per heavy atom. The van der Waals surface area contributed by atoms with Crippen molar-refractivity contribution in [1.29, 1.82) is 0 Å². The number of carbonyl (C=O) groups is 1. The summed E-state index contributed by atoms with van der Waals surface area (Å²) in [6, 6.07) is 9.06. The van der Waals surface area contributed by atoms with Gasteiger partial charge in [-0.15, -0.1) is 0 Å². The van der Waals surface area contributed by atoms with Gasteiger partial charge in [0.2, 0.25) is 5.91 Å². The van der Waals surface area contributed by atoms with Crippen LogP contribution in [0.2, 0.25) is 0 Å². The molecule has 1 aromatic carbocycles. The van der Waals surface area contributed by atoms with Gasteiger partial charge in [-0.1, -0.05) is 25.0 Å². The van der Waals surface area contributed by atoms with Gasteiger partial charge < -0.3 is 10.2 Å². The highest BCUT2D eigenvalue weighted by molar-refractivity contribution is 5.79. The largest absolute Gasteiger partial charge is 0.369 e. The molecule has 25 heavy (non-hydrogen) atoms. The summed E-state index contributed by atoms with van der Waals surface area (Å²) in [6.45, 7) is 9.78. The van der Waals surface area contributed by atoms with Crippen LogP contribution in [-0.4, -0.2) is 49.6 Å². The third kappa shape index (κ3) is 5.21. The van der Waals surface area contributed by atoms with Crippen molar-refractivity contribution in [3.8, 4) is 0 Å². The minimum Gasteiger partial charge on any atom is -0.369 e. The predicted molar refractivity (Wildman–Crippen MR) is 104 cm³/mol.